The van der Waals surface area contributed by atoms with Crippen LogP contribution in [0.5, 0.6) is 0 Å². The van der Waals surface area contributed by atoms with Crippen LogP contribution in [0.3, 0.4) is 0 Å². The van der Waals surface area contributed by atoms with Gasteiger partial charge < -0.3 is 15.7 Å². The van der Waals surface area contributed by atoms with Gasteiger partial charge in [0.25, 0.3) is 0 Å². The van der Waals surface area contributed by atoms with Crippen LogP contribution in [0, 0.1) is 12.8 Å². The molecule has 1 amide bonds. The van der Waals surface area contributed by atoms with Crippen molar-refractivity contribution in [1.82, 2.24) is 5.32 Å². The van der Waals surface area contributed by atoms with Crippen LogP contribution in [0.15, 0.2) is 24.3 Å². The SMILES string of the molecule is CCC(CC)C(O)CNC(C)C(=O)Nc1ccc(C)cc1. The van der Waals surface area contributed by atoms with Crippen molar-refractivity contribution in [2.75, 3.05) is 11.9 Å². The minimum absolute atomic E-state index is 0.0874. The van der Waals surface area contributed by atoms with E-state index in [1.165, 1.54) is 0 Å². The van der Waals surface area contributed by atoms with Gasteiger partial charge in [0.2, 0.25) is 5.91 Å². The Morgan fingerprint density at radius 2 is 1.76 bits per heavy atom. The van der Waals surface area contributed by atoms with E-state index in [1.54, 1.807) is 0 Å². The van der Waals surface area contributed by atoms with E-state index in [2.05, 4.69) is 24.5 Å². The maximum absolute atomic E-state index is 12.1. The standard InChI is InChI=1S/C17H28N2O2/c1-5-14(6-2)16(20)11-18-13(4)17(21)19-15-9-7-12(3)8-10-15/h7-10,13-14,16,18,20H,5-6,11H2,1-4H3,(H,19,21). The van der Waals surface area contributed by atoms with Crippen LogP contribution in [-0.4, -0.2) is 29.7 Å². The van der Waals surface area contributed by atoms with Crippen molar-refractivity contribution in [1.29, 1.82) is 0 Å². The van der Waals surface area contributed by atoms with E-state index in [1.807, 2.05) is 38.1 Å². The van der Waals surface area contributed by atoms with Gasteiger partial charge in [0.05, 0.1) is 12.1 Å². The molecule has 0 spiro atoms. The van der Waals surface area contributed by atoms with E-state index in [4.69, 9.17) is 0 Å². The summed E-state index contributed by atoms with van der Waals surface area (Å²) in [7, 11) is 0. The smallest absolute Gasteiger partial charge is 0.241 e. The first-order valence-electron chi connectivity index (χ1n) is 7.76. The fourth-order valence-corrected chi connectivity index (χ4v) is 2.28. The normalized spacial score (nSPS) is 14.0. The number of hydrogen-bond donors (Lipinski definition) is 3. The van der Waals surface area contributed by atoms with Crippen LogP contribution in [-0.2, 0) is 4.79 Å². The van der Waals surface area contributed by atoms with E-state index in [-0.39, 0.29) is 17.9 Å². The molecule has 0 aromatic heterocycles. The zero-order valence-electron chi connectivity index (χ0n) is 13.5. The second kappa shape index (κ2) is 8.80. The Morgan fingerprint density at radius 1 is 1.19 bits per heavy atom. The fraction of sp³-hybridized carbons (Fsp3) is 0.588. The summed E-state index contributed by atoms with van der Waals surface area (Å²) in [5.74, 6) is 0.195. The lowest BCUT2D eigenvalue weighted by atomic mass is 9.96. The second-order valence-corrected chi connectivity index (χ2v) is 5.63. The molecule has 1 rings (SSSR count). The minimum atomic E-state index is -0.408. The molecule has 0 radical (unpaired) electrons. The number of aliphatic hydroxyl groups is 1. The number of benzene rings is 1. The molecule has 0 saturated carbocycles. The molecule has 118 valence electrons. The number of anilines is 1. The van der Waals surface area contributed by atoms with Gasteiger partial charge in [0.15, 0.2) is 0 Å². The Labute approximate surface area is 128 Å². The van der Waals surface area contributed by atoms with Crippen LogP contribution in [0.2, 0.25) is 0 Å². The fourth-order valence-electron chi connectivity index (χ4n) is 2.28. The first-order valence-corrected chi connectivity index (χ1v) is 7.76. The summed E-state index contributed by atoms with van der Waals surface area (Å²) in [5.41, 5.74) is 1.95. The van der Waals surface area contributed by atoms with E-state index in [9.17, 15) is 9.90 Å². The van der Waals surface area contributed by atoms with Gasteiger partial charge in [-0.25, -0.2) is 0 Å². The van der Waals surface area contributed by atoms with E-state index >= 15 is 0 Å². The van der Waals surface area contributed by atoms with Crippen molar-refractivity contribution in [3.8, 4) is 0 Å². The maximum atomic E-state index is 12.1. The lowest BCUT2D eigenvalue weighted by Crippen LogP contribution is -2.43. The van der Waals surface area contributed by atoms with Gasteiger partial charge >= 0.3 is 0 Å². The maximum Gasteiger partial charge on any atom is 0.241 e. The molecular weight excluding hydrogens is 264 g/mol. The average Bonchev–Trinajstić information content (AvgIpc) is 2.48. The first-order chi connectivity index (χ1) is 9.97. The topological polar surface area (TPSA) is 61.4 Å². The van der Waals surface area contributed by atoms with Gasteiger partial charge in [-0.05, 0) is 31.9 Å². The molecule has 0 aliphatic heterocycles. The van der Waals surface area contributed by atoms with Crippen LogP contribution >= 0.6 is 0 Å². The Bertz CT molecular complexity index is 427. The second-order valence-electron chi connectivity index (χ2n) is 5.63. The molecule has 0 heterocycles. The summed E-state index contributed by atoms with van der Waals surface area (Å²) in [4.78, 5) is 12.1. The first kappa shape index (κ1) is 17.7. The monoisotopic (exact) mass is 292 g/mol. The van der Waals surface area contributed by atoms with Crippen LogP contribution in [0.4, 0.5) is 5.69 Å². The molecule has 4 heteroatoms. The lowest BCUT2D eigenvalue weighted by molar-refractivity contribution is -0.117. The summed E-state index contributed by atoms with van der Waals surface area (Å²) in [6.07, 6.45) is 1.49. The highest BCUT2D eigenvalue weighted by Gasteiger charge is 2.18. The third-order valence-electron chi connectivity index (χ3n) is 3.94. The third kappa shape index (κ3) is 5.86. The molecule has 21 heavy (non-hydrogen) atoms. The van der Waals surface area contributed by atoms with Crippen molar-refractivity contribution >= 4 is 11.6 Å². The molecule has 2 unspecified atom stereocenters. The highest BCUT2D eigenvalue weighted by Crippen LogP contribution is 2.13. The molecule has 0 aliphatic carbocycles. The van der Waals surface area contributed by atoms with Gasteiger partial charge in [-0.1, -0.05) is 44.4 Å². The quantitative estimate of drug-likeness (QED) is 0.690. The van der Waals surface area contributed by atoms with Gasteiger partial charge in [-0.2, -0.15) is 0 Å². The highest BCUT2D eigenvalue weighted by atomic mass is 16.3. The number of nitrogens with one attached hydrogen (secondary N) is 2. The zero-order valence-corrected chi connectivity index (χ0v) is 13.5. The number of carbonyl (C=O) groups is 1. The zero-order chi connectivity index (χ0) is 15.8. The van der Waals surface area contributed by atoms with Crippen molar-refractivity contribution in [3.63, 3.8) is 0 Å². The molecule has 1 aromatic carbocycles. The predicted molar refractivity (Wildman–Crippen MR) is 87.4 cm³/mol. The Balaban J connectivity index is 2.42. The summed E-state index contributed by atoms with van der Waals surface area (Å²) >= 11 is 0. The molecule has 1 aromatic rings. The Kier molecular flexibility index (Phi) is 7.40. The predicted octanol–water partition coefficient (Wildman–Crippen LogP) is 2.71. The van der Waals surface area contributed by atoms with E-state index in [0.717, 1.165) is 24.1 Å². The molecule has 0 saturated heterocycles. The molecule has 3 N–H and O–H groups in total. The van der Waals surface area contributed by atoms with Crippen molar-refractivity contribution in [3.05, 3.63) is 29.8 Å². The largest absolute Gasteiger partial charge is 0.392 e. The number of carbonyl (C=O) groups excluding carboxylic acids is 1. The van der Waals surface area contributed by atoms with E-state index < -0.39 is 6.10 Å². The number of aryl methyl sites for hydroxylation is 1. The van der Waals surface area contributed by atoms with Crippen LogP contribution in [0.25, 0.3) is 0 Å². The van der Waals surface area contributed by atoms with Gasteiger partial charge in [0, 0.05) is 12.2 Å². The number of hydrogen-bond acceptors (Lipinski definition) is 3. The molecule has 0 aliphatic rings. The average molecular weight is 292 g/mol. The lowest BCUT2D eigenvalue weighted by Gasteiger charge is -2.22. The van der Waals surface area contributed by atoms with Gasteiger partial charge in [-0.15, -0.1) is 0 Å². The van der Waals surface area contributed by atoms with Crippen molar-refractivity contribution in [2.45, 2.75) is 52.7 Å². The summed E-state index contributed by atoms with van der Waals surface area (Å²) in [6, 6.07) is 7.36. The third-order valence-corrected chi connectivity index (χ3v) is 3.94. The number of rotatable bonds is 8. The Hall–Kier alpha value is -1.39. The van der Waals surface area contributed by atoms with Crippen molar-refractivity contribution < 1.29 is 9.90 Å². The minimum Gasteiger partial charge on any atom is -0.392 e. The molecule has 2 atom stereocenters. The van der Waals surface area contributed by atoms with Crippen molar-refractivity contribution in [2.24, 2.45) is 5.92 Å². The molecular formula is C17H28N2O2. The summed E-state index contributed by atoms with van der Waals surface area (Å²) in [6.45, 7) is 8.41. The van der Waals surface area contributed by atoms with E-state index in [0.29, 0.717) is 6.54 Å². The van der Waals surface area contributed by atoms with Crippen LogP contribution < -0.4 is 10.6 Å². The summed E-state index contributed by atoms with van der Waals surface area (Å²) < 4.78 is 0. The van der Waals surface area contributed by atoms with Crippen LogP contribution in [0.1, 0.15) is 39.2 Å². The highest BCUT2D eigenvalue weighted by molar-refractivity contribution is 5.94. The molecule has 0 bridgehead atoms. The number of amides is 1. The van der Waals surface area contributed by atoms with Gasteiger partial charge in [0.1, 0.15) is 0 Å². The Morgan fingerprint density at radius 3 is 2.29 bits per heavy atom. The number of aliphatic hydroxyl groups excluding tert-OH is 1. The molecule has 4 nitrogen and oxygen atoms in total. The van der Waals surface area contributed by atoms with Gasteiger partial charge in [-0.3, -0.25) is 4.79 Å². The molecule has 0 fully saturated rings. The summed E-state index contributed by atoms with van der Waals surface area (Å²) in [5, 5.41) is 16.0.